The average molecular weight is 390 g/mol. The van der Waals surface area contributed by atoms with Crippen molar-refractivity contribution in [3.8, 4) is 0 Å². The summed E-state index contributed by atoms with van der Waals surface area (Å²) in [5.74, 6) is 0. The maximum Gasteiger partial charge on any atom is 0.315 e. The van der Waals surface area contributed by atoms with E-state index in [9.17, 15) is 13.2 Å². The second kappa shape index (κ2) is 9.01. The molecule has 2 rings (SSSR count). The zero-order valence-electron chi connectivity index (χ0n) is 16.2. The first-order chi connectivity index (χ1) is 12.8. The van der Waals surface area contributed by atoms with E-state index in [0.717, 1.165) is 16.3 Å². The van der Waals surface area contributed by atoms with Gasteiger partial charge in [-0.1, -0.05) is 49.4 Å². The number of urea groups is 1. The number of nitrogens with zero attached hydrogens (tertiary/aromatic N) is 1. The zero-order chi connectivity index (χ0) is 20.0. The minimum Gasteiger partial charge on any atom is -0.334 e. The number of carbonyl (C=O) groups is 1. The number of rotatable bonds is 7. The number of hydrogen-bond acceptors (Lipinski definition) is 3. The van der Waals surface area contributed by atoms with Crippen molar-refractivity contribution in [3.63, 3.8) is 0 Å². The fourth-order valence-electron chi connectivity index (χ4n) is 2.65. The number of aryl methyl sites for hydroxylation is 1. The fraction of sp³-hybridized carbons (Fsp3) is 0.350. The van der Waals surface area contributed by atoms with Crippen LogP contribution in [0.4, 0.5) is 4.79 Å². The molecule has 2 amide bonds. The van der Waals surface area contributed by atoms with Crippen LogP contribution in [-0.2, 0) is 23.0 Å². The third kappa shape index (κ3) is 5.30. The molecule has 6 nitrogen and oxygen atoms in total. The zero-order valence-corrected chi connectivity index (χ0v) is 17.0. The van der Waals surface area contributed by atoms with Crippen LogP contribution in [0.5, 0.6) is 0 Å². The van der Waals surface area contributed by atoms with E-state index in [2.05, 4.69) is 17.6 Å². The van der Waals surface area contributed by atoms with Gasteiger partial charge in [-0.05, 0) is 36.1 Å². The van der Waals surface area contributed by atoms with Gasteiger partial charge in [-0.15, -0.1) is 0 Å². The van der Waals surface area contributed by atoms with E-state index < -0.39 is 10.0 Å². The van der Waals surface area contributed by atoms with Crippen LogP contribution in [-0.4, -0.2) is 32.8 Å². The highest BCUT2D eigenvalue weighted by Crippen LogP contribution is 2.18. The van der Waals surface area contributed by atoms with E-state index in [1.807, 2.05) is 31.2 Å². The van der Waals surface area contributed by atoms with Gasteiger partial charge < -0.3 is 10.6 Å². The minimum absolute atomic E-state index is 0.122. The molecule has 1 atom stereocenters. The summed E-state index contributed by atoms with van der Waals surface area (Å²) in [6.07, 6.45) is 0.970. The van der Waals surface area contributed by atoms with Crippen LogP contribution in [0.25, 0.3) is 0 Å². The fourth-order valence-corrected chi connectivity index (χ4v) is 3.76. The molecule has 0 saturated heterocycles. The van der Waals surface area contributed by atoms with Crippen molar-refractivity contribution in [1.29, 1.82) is 0 Å². The molecule has 0 aliphatic rings. The Kier molecular flexibility index (Phi) is 6.98. The predicted octanol–water partition coefficient (Wildman–Crippen LogP) is 3.06. The number of hydrogen-bond donors (Lipinski definition) is 2. The molecule has 27 heavy (non-hydrogen) atoms. The van der Waals surface area contributed by atoms with Crippen molar-refractivity contribution in [1.82, 2.24) is 14.9 Å². The van der Waals surface area contributed by atoms with Gasteiger partial charge in [0, 0.05) is 20.6 Å². The summed E-state index contributed by atoms with van der Waals surface area (Å²) in [5.41, 5.74) is 2.80. The van der Waals surface area contributed by atoms with Crippen LogP contribution in [0.3, 0.4) is 0 Å². The Balaban J connectivity index is 2.01. The molecule has 2 aromatic rings. The lowest BCUT2D eigenvalue weighted by Crippen LogP contribution is -2.37. The Hall–Kier alpha value is -2.38. The summed E-state index contributed by atoms with van der Waals surface area (Å²) in [7, 11) is -0.599. The molecule has 0 heterocycles. The maximum atomic E-state index is 12.4. The molecule has 0 aliphatic carbocycles. The van der Waals surface area contributed by atoms with Gasteiger partial charge in [-0.25, -0.2) is 17.5 Å². The molecule has 146 valence electrons. The first-order valence-electron chi connectivity index (χ1n) is 8.89. The van der Waals surface area contributed by atoms with Crippen molar-refractivity contribution in [2.24, 2.45) is 0 Å². The van der Waals surface area contributed by atoms with Gasteiger partial charge in [0.1, 0.15) is 0 Å². The second-order valence-electron chi connectivity index (χ2n) is 6.54. The van der Waals surface area contributed by atoms with Gasteiger partial charge in [-0.2, -0.15) is 0 Å². The summed E-state index contributed by atoms with van der Waals surface area (Å²) in [4.78, 5) is 12.4. The van der Waals surface area contributed by atoms with Gasteiger partial charge in [0.25, 0.3) is 0 Å². The Morgan fingerprint density at radius 3 is 2.30 bits per heavy atom. The maximum absolute atomic E-state index is 12.4. The van der Waals surface area contributed by atoms with Crippen molar-refractivity contribution < 1.29 is 13.2 Å². The molecule has 7 heteroatoms. The molecular formula is C20H27N3O3S. The van der Waals surface area contributed by atoms with Crippen molar-refractivity contribution in [3.05, 3.63) is 65.2 Å². The van der Waals surface area contributed by atoms with Gasteiger partial charge in [0.15, 0.2) is 0 Å². The molecule has 0 saturated carbocycles. The molecule has 0 spiro atoms. The summed E-state index contributed by atoms with van der Waals surface area (Å²) in [6, 6.07) is 14.3. The van der Waals surface area contributed by atoms with Crippen LogP contribution in [0, 0.1) is 0 Å². The van der Waals surface area contributed by atoms with Gasteiger partial charge >= 0.3 is 6.03 Å². The largest absolute Gasteiger partial charge is 0.334 e. The highest BCUT2D eigenvalue weighted by atomic mass is 32.2. The van der Waals surface area contributed by atoms with E-state index in [4.69, 9.17) is 0 Å². The molecule has 0 fully saturated rings. The first kappa shape index (κ1) is 20.9. The Bertz CT molecular complexity index is 878. The summed E-state index contributed by atoms with van der Waals surface area (Å²) < 4.78 is 26.0. The Morgan fingerprint density at radius 2 is 1.70 bits per heavy atom. The van der Waals surface area contributed by atoms with Crippen LogP contribution in [0.1, 0.15) is 36.6 Å². The molecule has 0 bridgehead atoms. The number of nitrogens with one attached hydrogen (secondary N) is 2. The molecule has 2 aromatic carbocycles. The van der Waals surface area contributed by atoms with Crippen LogP contribution in [0.2, 0.25) is 0 Å². The summed E-state index contributed by atoms with van der Waals surface area (Å²) in [5, 5.41) is 5.62. The predicted molar refractivity (Wildman–Crippen MR) is 107 cm³/mol. The first-order valence-corrected chi connectivity index (χ1v) is 10.3. The van der Waals surface area contributed by atoms with Crippen LogP contribution in [0.15, 0.2) is 53.4 Å². The molecule has 1 unspecified atom stereocenters. The van der Waals surface area contributed by atoms with E-state index in [-0.39, 0.29) is 23.5 Å². The van der Waals surface area contributed by atoms with Crippen molar-refractivity contribution >= 4 is 16.1 Å². The van der Waals surface area contributed by atoms with Crippen LogP contribution >= 0.6 is 0 Å². The second-order valence-corrected chi connectivity index (χ2v) is 8.66. The lowest BCUT2D eigenvalue weighted by atomic mass is 10.1. The SMILES string of the molecule is CCc1ccc(C(C)NC(=O)NCc2ccccc2S(=O)(=O)N(C)C)cc1. The van der Waals surface area contributed by atoms with Crippen molar-refractivity contribution in [2.45, 2.75) is 37.8 Å². The third-order valence-electron chi connectivity index (χ3n) is 4.41. The van der Waals surface area contributed by atoms with Crippen molar-refractivity contribution in [2.75, 3.05) is 14.1 Å². The normalized spacial score (nSPS) is 12.6. The number of carbonyl (C=O) groups excluding carboxylic acids is 1. The van der Waals surface area contributed by atoms with Gasteiger partial charge in [-0.3, -0.25) is 0 Å². The number of benzene rings is 2. The Labute approximate surface area is 161 Å². The quantitative estimate of drug-likeness (QED) is 0.764. The summed E-state index contributed by atoms with van der Waals surface area (Å²) >= 11 is 0. The molecule has 0 aliphatic heterocycles. The molecular weight excluding hydrogens is 362 g/mol. The monoisotopic (exact) mass is 389 g/mol. The third-order valence-corrected chi connectivity index (χ3v) is 6.32. The molecule has 0 radical (unpaired) electrons. The smallest absolute Gasteiger partial charge is 0.315 e. The Morgan fingerprint density at radius 1 is 1.07 bits per heavy atom. The van der Waals surface area contributed by atoms with Gasteiger partial charge in [0.2, 0.25) is 10.0 Å². The standard InChI is InChI=1S/C20H27N3O3S/c1-5-16-10-12-17(13-11-16)15(2)22-20(24)21-14-18-8-6-7-9-19(18)27(25,26)23(3)4/h6-13,15H,5,14H2,1-4H3,(H2,21,22,24). The summed E-state index contributed by atoms with van der Waals surface area (Å²) in [6.45, 7) is 4.13. The lowest BCUT2D eigenvalue weighted by Gasteiger charge is -2.17. The van der Waals surface area contributed by atoms with E-state index in [0.29, 0.717) is 5.56 Å². The highest BCUT2D eigenvalue weighted by molar-refractivity contribution is 7.89. The van der Waals surface area contributed by atoms with E-state index in [1.54, 1.807) is 24.3 Å². The van der Waals surface area contributed by atoms with Crippen LogP contribution < -0.4 is 10.6 Å². The minimum atomic E-state index is -3.57. The number of amides is 2. The number of sulfonamides is 1. The van der Waals surface area contributed by atoms with E-state index >= 15 is 0 Å². The highest BCUT2D eigenvalue weighted by Gasteiger charge is 2.21. The topological polar surface area (TPSA) is 78.5 Å². The van der Waals surface area contributed by atoms with E-state index in [1.165, 1.54) is 19.7 Å². The average Bonchev–Trinajstić information content (AvgIpc) is 2.66. The van der Waals surface area contributed by atoms with Gasteiger partial charge in [0.05, 0.1) is 10.9 Å². The molecule has 0 aromatic heterocycles. The molecule has 2 N–H and O–H groups in total. The lowest BCUT2D eigenvalue weighted by molar-refractivity contribution is 0.237.